The number of hydrogen-bond acceptors (Lipinski definition) is 0. The largest absolute Gasteiger partial charge is 0.358 e. The first-order chi connectivity index (χ1) is 4.93. The van der Waals surface area contributed by atoms with Crippen molar-refractivity contribution in [2.24, 2.45) is 0 Å². The zero-order chi connectivity index (χ0) is 7.82. The second-order valence-electron chi connectivity index (χ2n) is 1.77. The maximum Gasteiger partial charge on any atom is 0 e. The Balaban J connectivity index is -0.000000189. The first-order valence-electron chi connectivity index (χ1n) is 3.88. The van der Waals surface area contributed by atoms with Crippen LogP contribution in [0.15, 0.2) is 24.3 Å². The van der Waals surface area contributed by atoms with Crippen LogP contribution in [0.4, 0.5) is 0 Å². The molecule has 0 amide bonds. The fourth-order valence-electron chi connectivity index (χ4n) is 0.650. The van der Waals surface area contributed by atoms with Gasteiger partial charge in [0.15, 0.2) is 0 Å². The van der Waals surface area contributed by atoms with Gasteiger partial charge in [-0.3, -0.25) is 0 Å². The Morgan fingerprint density at radius 1 is 1.33 bits per heavy atom. The first kappa shape index (κ1) is 18.2. The summed E-state index contributed by atoms with van der Waals surface area (Å²) in [6, 6.07) is 11.1. The van der Waals surface area contributed by atoms with Crippen LogP contribution in [0.2, 0.25) is 0 Å². The summed E-state index contributed by atoms with van der Waals surface area (Å²) >= 11 is 0. The van der Waals surface area contributed by atoms with E-state index in [1.54, 1.807) is 0 Å². The third-order valence-corrected chi connectivity index (χ3v) is 1.18. The molecule has 0 aliphatic heterocycles. The zero-order valence-corrected chi connectivity index (χ0v) is 11.4. The molecule has 1 rings (SSSR count). The normalized spacial score (nSPS) is 6.58. The fourth-order valence-corrected chi connectivity index (χ4v) is 0.650. The predicted molar refractivity (Wildman–Crippen MR) is 52.4 cm³/mol. The van der Waals surface area contributed by atoms with Crippen LogP contribution in [-0.2, 0) is 39.1 Å². The van der Waals surface area contributed by atoms with Crippen LogP contribution in [0.5, 0.6) is 0 Å². The summed E-state index contributed by atoms with van der Waals surface area (Å²) < 4.78 is 0. The average Bonchev–Trinajstić information content (AvgIpc) is 2.10. The van der Waals surface area contributed by atoms with E-state index >= 15 is 0 Å². The van der Waals surface area contributed by atoms with Crippen molar-refractivity contribution in [3.05, 3.63) is 43.3 Å². The van der Waals surface area contributed by atoms with E-state index < -0.39 is 0 Å². The Bertz CT molecular complexity index is 146. The van der Waals surface area contributed by atoms with Gasteiger partial charge in [-0.25, -0.2) is 0 Å². The van der Waals surface area contributed by atoms with Gasteiger partial charge < -0.3 is 7.43 Å². The first-order valence-corrected chi connectivity index (χ1v) is 3.88. The van der Waals surface area contributed by atoms with Crippen LogP contribution in [0.25, 0.3) is 0 Å². The Morgan fingerprint density at radius 2 is 1.92 bits per heavy atom. The molecule has 1 aromatic carbocycles. The Morgan fingerprint density at radius 3 is 2.17 bits per heavy atom. The second kappa shape index (κ2) is 13.9. The number of aryl methyl sites for hydroxylation is 1. The molecule has 0 atom stereocenters. The van der Waals surface area contributed by atoms with Crippen LogP contribution in [0, 0.1) is 13.5 Å². The Kier molecular flexibility index (Phi) is 21.0. The summed E-state index contributed by atoms with van der Waals surface area (Å²) in [6.07, 6.45) is 1.11. The second-order valence-corrected chi connectivity index (χ2v) is 1.77. The van der Waals surface area contributed by atoms with E-state index in [1.165, 1.54) is 5.56 Å². The number of rotatable bonds is 1. The predicted octanol–water partition coefficient (Wildman–Crippen LogP) is 3.52. The molecule has 1 radical (unpaired) electrons. The number of benzene rings is 1. The van der Waals surface area contributed by atoms with E-state index in [-0.39, 0.29) is 40.1 Å². The number of hydrogen-bond donors (Lipinski definition) is 0. The minimum Gasteiger partial charge on any atom is -0.358 e. The van der Waals surface area contributed by atoms with Gasteiger partial charge in [0.25, 0.3) is 0 Å². The van der Waals surface area contributed by atoms with Crippen LogP contribution in [-0.4, -0.2) is 0 Å². The standard InChI is InChI=1S/C8H9.C2H6.CH3.Y/c1-2-8-6-4-3-5-7-8;1-2;;/h3-4,6-7H,2H2,1H3;1-2H3;1H3;/q-1;;-1;. The van der Waals surface area contributed by atoms with E-state index in [1.807, 2.05) is 32.0 Å². The molecule has 12 heavy (non-hydrogen) atoms. The van der Waals surface area contributed by atoms with Crippen molar-refractivity contribution >= 4 is 0 Å². The quantitative estimate of drug-likeness (QED) is 0.658. The van der Waals surface area contributed by atoms with Crippen molar-refractivity contribution in [1.29, 1.82) is 0 Å². The molecule has 0 unspecified atom stereocenters. The van der Waals surface area contributed by atoms with Gasteiger partial charge in [0.2, 0.25) is 0 Å². The molecular weight excluding hydrogens is 221 g/mol. The molecule has 1 aromatic rings. The molecule has 0 bridgehead atoms. The van der Waals surface area contributed by atoms with Gasteiger partial charge in [-0.1, -0.05) is 27.2 Å². The average molecular weight is 239 g/mol. The van der Waals surface area contributed by atoms with Gasteiger partial charge in [0, 0.05) is 32.7 Å². The summed E-state index contributed by atoms with van der Waals surface area (Å²) in [4.78, 5) is 0. The van der Waals surface area contributed by atoms with Crippen molar-refractivity contribution in [2.75, 3.05) is 0 Å². The van der Waals surface area contributed by atoms with Crippen molar-refractivity contribution in [2.45, 2.75) is 27.2 Å². The molecule has 0 nitrogen and oxygen atoms in total. The molecule has 1 heteroatoms. The monoisotopic (exact) mass is 239 g/mol. The molecule has 0 spiro atoms. The summed E-state index contributed by atoms with van der Waals surface area (Å²) in [6.45, 7) is 6.14. The van der Waals surface area contributed by atoms with Gasteiger partial charge in [0.05, 0.1) is 0 Å². The van der Waals surface area contributed by atoms with Crippen molar-refractivity contribution in [3.8, 4) is 0 Å². The van der Waals surface area contributed by atoms with E-state index in [0.717, 1.165) is 6.42 Å². The molecular formula is C11H18Y-2. The van der Waals surface area contributed by atoms with Gasteiger partial charge in [-0.05, 0) is 0 Å². The van der Waals surface area contributed by atoms with Crippen LogP contribution in [0.3, 0.4) is 0 Å². The molecule has 0 N–H and O–H groups in total. The van der Waals surface area contributed by atoms with E-state index in [2.05, 4.69) is 19.1 Å². The molecule has 0 heterocycles. The smallest absolute Gasteiger partial charge is 0 e. The van der Waals surface area contributed by atoms with Crippen LogP contribution < -0.4 is 0 Å². The SMILES string of the molecule is CC.CCc1c[c-]ccc1.[CH3-].[Y]. The molecule has 0 fully saturated rings. The maximum atomic E-state index is 3.01. The zero-order valence-electron chi connectivity index (χ0n) is 8.59. The van der Waals surface area contributed by atoms with Gasteiger partial charge in [0.1, 0.15) is 0 Å². The topological polar surface area (TPSA) is 0 Å². The third-order valence-electron chi connectivity index (χ3n) is 1.18. The summed E-state index contributed by atoms with van der Waals surface area (Å²) in [5.41, 5.74) is 1.35. The Hall–Kier alpha value is 0.324. The Labute approximate surface area is 103 Å². The summed E-state index contributed by atoms with van der Waals surface area (Å²) in [5, 5.41) is 0. The fraction of sp³-hybridized carbons (Fsp3) is 0.364. The van der Waals surface area contributed by atoms with Gasteiger partial charge >= 0.3 is 0 Å². The van der Waals surface area contributed by atoms with Crippen molar-refractivity contribution in [3.63, 3.8) is 0 Å². The van der Waals surface area contributed by atoms with E-state index in [4.69, 9.17) is 0 Å². The van der Waals surface area contributed by atoms with Gasteiger partial charge in [-0.2, -0.15) is 35.9 Å². The minimum atomic E-state index is 0. The maximum absolute atomic E-state index is 3.01. The summed E-state index contributed by atoms with van der Waals surface area (Å²) in [5.74, 6) is 0. The van der Waals surface area contributed by atoms with Crippen LogP contribution >= 0.6 is 0 Å². The van der Waals surface area contributed by atoms with Crippen molar-refractivity contribution in [1.82, 2.24) is 0 Å². The van der Waals surface area contributed by atoms with Crippen molar-refractivity contribution < 1.29 is 32.7 Å². The van der Waals surface area contributed by atoms with Crippen LogP contribution in [0.1, 0.15) is 26.3 Å². The molecule has 0 saturated heterocycles. The summed E-state index contributed by atoms with van der Waals surface area (Å²) in [7, 11) is 0. The third kappa shape index (κ3) is 8.42. The van der Waals surface area contributed by atoms with E-state index in [9.17, 15) is 0 Å². The molecule has 0 saturated carbocycles. The van der Waals surface area contributed by atoms with Gasteiger partial charge in [-0.15, -0.1) is 0 Å². The van der Waals surface area contributed by atoms with E-state index in [0.29, 0.717) is 0 Å². The molecule has 0 aliphatic rings. The molecule has 0 aromatic heterocycles. The molecule has 67 valence electrons. The minimum absolute atomic E-state index is 0. The molecule has 0 aliphatic carbocycles.